The van der Waals surface area contributed by atoms with Crippen LogP contribution >= 0.6 is 0 Å². The minimum atomic E-state index is -0.365. The van der Waals surface area contributed by atoms with Crippen LogP contribution in [0.4, 0.5) is 0 Å². The standard InChI is InChI=1S/C29H23N3O/c1-29(2,26-16-13-19-8-7-11-25(33)28(19)31-26)20-14-15-22-21-9-3-4-10-23(21)32(24(22)18-20)27-12-5-6-17-30-27/h3-18,33H,1-2H3. The van der Waals surface area contributed by atoms with Gasteiger partial charge in [-0.05, 0) is 42.0 Å². The highest BCUT2D eigenvalue weighted by molar-refractivity contribution is 6.09. The molecule has 33 heavy (non-hydrogen) atoms. The maximum atomic E-state index is 10.3. The van der Waals surface area contributed by atoms with Gasteiger partial charge < -0.3 is 5.11 Å². The molecular formula is C29H23N3O. The van der Waals surface area contributed by atoms with E-state index in [1.54, 1.807) is 6.07 Å². The van der Waals surface area contributed by atoms with Crippen LogP contribution in [0.1, 0.15) is 25.1 Å². The van der Waals surface area contributed by atoms with Crippen molar-refractivity contribution < 1.29 is 5.11 Å². The third-order valence-corrected chi connectivity index (χ3v) is 6.61. The normalized spacial score (nSPS) is 12.1. The first-order valence-corrected chi connectivity index (χ1v) is 11.1. The van der Waals surface area contributed by atoms with Gasteiger partial charge in [-0.15, -0.1) is 0 Å². The minimum Gasteiger partial charge on any atom is -0.506 e. The molecule has 0 radical (unpaired) electrons. The fraction of sp³-hybridized carbons (Fsp3) is 0.103. The number of hydrogen-bond donors (Lipinski definition) is 1. The second-order valence-electron chi connectivity index (χ2n) is 8.94. The fourth-order valence-corrected chi connectivity index (χ4v) is 4.72. The molecule has 0 saturated heterocycles. The predicted octanol–water partition coefficient (Wildman–Crippen LogP) is 6.76. The van der Waals surface area contributed by atoms with E-state index in [9.17, 15) is 5.11 Å². The van der Waals surface area contributed by atoms with E-state index in [0.29, 0.717) is 5.52 Å². The van der Waals surface area contributed by atoms with Gasteiger partial charge in [0.05, 0.1) is 16.7 Å². The highest BCUT2D eigenvalue weighted by Crippen LogP contribution is 2.37. The van der Waals surface area contributed by atoms with Gasteiger partial charge >= 0.3 is 0 Å². The van der Waals surface area contributed by atoms with Crippen molar-refractivity contribution in [1.82, 2.24) is 14.5 Å². The van der Waals surface area contributed by atoms with Gasteiger partial charge in [-0.3, -0.25) is 4.57 Å². The van der Waals surface area contributed by atoms with Crippen molar-refractivity contribution in [2.75, 3.05) is 0 Å². The molecule has 6 rings (SSSR count). The summed E-state index contributed by atoms with van der Waals surface area (Å²) in [6, 6.07) is 30.7. The van der Waals surface area contributed by atoms with Gasteiger partial charge in [-0.25, -0.2) is 9.97 Å². The molecule has 0 atom stereocenters. The summed E-state index contributed by atoms with van der Waals surface area (Å²) in [6.07, 6.45) is 1.83. The number of benzene rings is 3. The highest BCUT2D eigenvalue weighted by Gasteiger charge is 2.26. The third-order valence-electron chi connectivity index (χ3n) is 6.61. The molecule has 0 amide bonds. The van der Waals surface area contributed by atoms with Gasteiger partial charge in [0.15, 0.2) is 0 Å². The Hall–Kier alpha value is -4.18. The molecule has 3 heterocycles. The molecular weight excluding hydrogens is 406 g/mol. The lowest BCUT2D eigenvalue weighted by molar-refractivity contribution is 0.480. The molecule has 0 saturated carbocycles. The summed E-state index contributed by atoms with van der Waals surface area (Å²) in [5, 5.41) is 13.7. The Balaban J connectivity index is 1.59. The van der Waals surface area contributed by atoms with Crippen LogP contribution in [0.5, 0.6) is 5.75 Å². The Morgan fingerprint density at radius 3 is 2.42 bits per heavy atom. The van der Waals surface area contributed by atoms with Crippen LogP contribution in [0.3, 0.4) is 0 Å². The van der Waals surface area contributed by atoms with E-state index in [1.807, 2.05) is 42.6 Å². The number of phenols is 1. The number of para-hydroxylation sites is 2. The molecule has 1 N–H and O–H groups in total. The van der Waals surface area contributed by atoms with E-state index in [2.05, 4.69) is 71.9 Å². The number of rotatable bonds is 3. The zero-order valence-corrected chi connectivity index (χ0v) is 18.5. The quantitative estimate of drug-likeness (QED) is 0.338. The summed E-state index contributed by atoms with van der Waals surface area (Å²) in [6.45, 7) is 4.35. The molecule has 3 aromatic carbocycles. The molecule has 0 aliphatic carbocycles. The molecule has 0 aliphatic heterocycles. The number of phenolic OH excluding ortho intramolecular Hbond substituents is 1. The maximum absolute atomic E-state index is 10.3. The van der Waals surface area contributed by atoms with E-state index in [-0.39, 0.29) is 11.2 Å². The molecule has 3 aromatic heterocycles. The van der Waals surface area contributed by atoms with Crippen molar-refractivity contribution in [1.29, 1.82) is 0 Å². The van der Waals surface area contributed by atoms with Crippen molar-refractivity contribution in [2.24, 2.45) is 0 Å². The summed E-state index contributed by atoms with van der Waals surface area (Å²) in [5.74, 6) is 1.10. The largest absolute Gasteiger partial charge is 0.506 e. The van der Waals surface area contributed by atoms with Crippen LogP contribution in [-0.2, 0) is 5.41 Å². The van der Waals surface area contributed by atoms with Crippen molar-refractivity contribution >= 4 is 32.7 Å². The van der Waals surface area contributed by atoms with E-state index < -0.39 is 0 Å². The van der Waals surface area contributed by atoms with Crippen LogP contribution in [0, 0.1) is 0 Å². The molecule has 160 valence electrons. The summed E-state index contributed by atoms with van der Waals surface area (Å²) in [7, 11) is 0. The summed E-state index contributed by atoms with van der Waals surface area (Å²) < 4.78 is 2.23. The van der Waals surface area contributed by atoms with Gasteiger partial charge in [-0.2, -0.15) is 0 Å². The topological polar surface area (TPSA) is 50.9 Å². The van der Waals surface area contributed by atoms with Gasteiger partial charge in [0, 0.05) is 27.8 Å². The van der Waals surface area contributed by atoms with Crippen LogP contribution in [0.2, 0.25) is 0 Å². The monoisotopic (exact) mass is 429 g/mol. The third kappa shape index (κ3) is 2.99. The van der Waals surface area contributed by atoms with Crippen molar-refractivity contribution in [3.05, 3.63) is 108 Å². The zero-order chi connectivity index (χ0) is 22.6. The molecule has 0 bridgehead atoms. The SMILES string of the molecule is CC(C)(c1ccc2c3ccccc3n(-c3ccccn3)c2c1)c1ccc2cccc(O)c2n1. The number of nitrogens with zero attached hydrogens (tertiary/aromatic N) is 3. The molecule has 0 aliphatic rings. The Kier molecular flexibility index (Phi) is 4.24. The Bertz CT molecular complexity index is 1650. The lowest BCUT2D eigenvalue weighted by atomic mass is 9.80. The molecule has 6 aromatic rings. The van der Waals surface area contributed by atoms with Gasteiger partial charge in [0.1, 0.15) is 17.1 Å². The van der Waals surface area contributed by atoms with Crippen LogP contribution in [0.25, 0.3) is 38.5 Å². The lowest BCUT2D eigenvalue weighted by Crippen LogP contribution is -2.20. The number of hydrogen-bond acceptors (Lipinski definition) is 3. The summed E-state index contributed by atoms with van der Waals surface area (Å²) >= 11 is 0. The van der Waals surface area contributed by atoms with Gasteiger partial charge in [-0.1, -0.05) is 68.4 Å². The first-order valence-electron chi connectivity index (χ1n) is 11.1. The Labute approximate surface area is 191 Å². The van der Waals surface area contributed by atoms with E-state index in [4.69, 9.17) is 4.98 Å². The molecule has 0 unspecified atom stereocenters. The van der Waals surface area contributed by atoms with Crippen molar-refractivity contribution in [2.45, 2.75) is 19.3 Å². The first kappa shape index (κ1) is 19.5. The summed E-state index contributed by atoms with van der Waals surface area (Å²) in [5.41, 5.74) is 4.58. The molecule has 0 fully saturated rings. The molecule has 4 heteroatoms. The average Bonchev–Trinajstić information content (AvgIpc) is 3.18. The van der Waals surface area contributed by atoms with Crippen LogP contribution in [0.15, 0.2) is 97.2 Å². The zero-order valence-electron chi connectivity index (χ0n) is 18.5. The van der Waals surface area contributed by atoms with Crippen LogP contribution < -0.4 is 0 Å². The lowest BCUT2D eigenvalue weighted by Gasteiger charge is -2.25. The van der Waals surface area contributed by atoms with E-state index in [0.717, 1.165) is 33.5 Å². The second kappa shape index (κ2) is 7.17. The number of aromatic nitrogens is 3. The average molecular weight is 430 g/mol. The van der Waals surface area contributed by atoms with Crippen LogP contribution in [-0.4, -0.2) is 19.6 Å². The number of pyridine rings is 2. The Morgan fingerprint density at radius 2 is 1.58 bits per heavy atom. The molecule has 0 spiro atoms. The number of fused-ring (bicyclic) bond motifs is 4. The van der Waals surface area contributed by atoms with Gasteiger partial charge in [0.2, 0.25) is 0 Å². The first-order chi connectivity index (χ1) is 16.0. The summed E-state index contributed by atoms with van der Waals surface area (Å²) in [4.78, 5) is 9.50. The maximum Gasteiger partial charge on any atom is 0.141 e. The smallest absolute Gasteiger partial charge is 0.141 e. The highest BCUT2D eigenvalue weighted by atomic mass is 16.3. The van der Waals surface area contributed by atoms with E-state index >= 15 is 0 Å². The Morgan fingerprint density at radius 1 is 0.758 bits per heavy atom. The van der Waals surface area contributed by atoms with Crippen molar-refractivity contribution in [3.63, 3.8) is 0 Å². The number of aromatic hydroxyl groups is 1. The van der Waals surface area contributed by atoms with Gasteiger partial charge in [0.25, 0.3) is 0 Å². The van der Waals surface area contributed by atoms with Crippen molar-refractivity contribution in [3.8, 4) is 11.6 Å². The molecule has 4 nitrogen and oxygen atoms in total. The fourth-order valence-electron chi connectivity index (χ4n) is 4.72. The second-order valence-corrected chi connectivity index (χ2v) is 8.94. The minimum absolute atomic E-state index is 0.205. The van der Waals surface area contributed by atoms with E-state index in [1.165, 1.54) is 10.8 Å². The predicted molar refractivity (Wildman–Crippen MR) is 134 cm³/mol.